The lowest BCUT2D eigenvalue weighted by molar-refractivity contribution is 0.0700. The summed E-state index contributed by atoms with van der Waals surface area (Å²) in [4.78, 5) is 15.1. The third kappa shape index (κ3) is 4.08. The molecule has 2 N–H and O–H groups in total. The fourth-order valence-electron chi connectivity index (χ4n) is 4.83. The summed E-state index contributed by atoms with van der Waals surface area (Å²) in [5.74, 6) is 5.20. The van der Waals surface area contributed by atoms with E-state index in [0.29, 0.717) is 17.7 Å². The lowest BCUT2D eigenvalue weighted by Crippen LogP contribution is -2.42. The van der Waals surface area contributed by atoms with Gasteiger partial charge in [-0.2, -0.15) is 0 Å². The van der Waals surface area contributed by atoms with Crippen molar-refractivity contribution in [3.8, 4) is 11.8 Å². The Bertz CT molecular complexity index is 1260. The van der Waals surface area contributed by atoms with E-state index >= 15 is 0 Å². The second-order valence-electron chi connectivity index (χ2n) is 8.40. The van der Waals surface area contributed by atoms with Crippen molar-refractivity contribution in [3.05, 3.63) is 101 Å². The maximum absolute atomic E-state index is 13.8. The summed E-state index contributed by atoms with van der Waals surface area (Å²) in [6.45, 7) is 0.475. The van der Waals surface area contributed by atoms with Gasteiger partial charge in [-0.3, -0.25) is 4.79 Å². The van der Waals surface area contributed by atoms with Crippen LogP contribution in [0.25, 0.3) is 0 Å². The highest BCUT2D eigenvalue weighted by atomic mass is 19.1. The van der Waals surface area contributed by atoms with Gasteiger partial charge in [0.25, 0.3) is 5.91 Å². The molecule has 5 rings (SSSR count). The Morgan fingerprint density at radius 2 is 1.76 bits per heavy atom. The highest BCUT2D eigenvalue weighted by Crippen LogP contribution is 2.47. The molecule has 3 atom stereocenters. The summed E-state index contributed by atoms with van der Waals surface area (Å²) in [5.41, 5.74) is 3.56. The van der Waals surface area contributed by atoms with E-state index in [1.807, 2.05) is 18.2 Å². The zero-order valence-corrected chi connectivity index (χ0v) is 17.8. The maximum Gasteiger partial charge on any atom is 0.254 e. The van der Waals surface area contributed by atoms with E-state index in [2.05, 4.69) is 17.2 Å². The van der Waals surface area contributed by atoms with Gasteiger partial charge in [-0.25, -0.2) is 8.78 Å². The molecule has 3 aromatic carbocycles. The maximum atomic E-state index is 13.8. The third-order valence-corrected chi connectivity index (χ3v) is 6.40. The minimum atomic E-state index is -0.450. The lowest BCUT2D eigenvalue weighted by atomic mass is 9.82. The highest BCUT2D eigenvalue weighted by molar-refractivity contribution is 5.95. The van der Waals surface area contributed by atoms with Gasteiger partial charge in [-0.15, -0.1) is 0 Å². The van der Waals surface area contributed by atoms with Crippen LogP contribution in [0.5, 0.6) is 0 Å². The Kier molecular flexibility index (Phi) is 5.57. The van der Waals surface area contributed by atoms with Crippen molar-refractivity contribution in [2.24, 2.45) is 5.92 Å². The third-order valence-electron chi connectivity index (χ3n) is 6.40. The van der Waals surface area contributed by atoms with Gasteiger partial charge in [0.15, 0.2) is 0 Å². The first kappa shape index (κ1) is 21.2. The summed E-state index contributed by atoms with van der Waals surface area (Å²) >= 11 is 0. The van der Waals surface area contributed by atoms with E-state index in [-0.39, 0.29) is 36.3 Å². The number of fused-ring (bicyclic) bond motifs is 3. The van der Waals surface area contributed by atoms with Gasteiger partial charge < -0.3 is 15.3 Å². The molecule has 6 heteroatoms. The number of nitrogens with zero attached hydrogens (tertiary/aromatic N) is 1. The summed E-state index contributed by atoms with van der Waals surface area (Å²) in [6, 6.07) is 17.0. The van der Waals surface area contributed by atoms with Gasteiger partial charge in [0.05, 0.1) is 18.7 Å². The minimum absolute atomic E-state index is 0.0281. The molecule has 0 radical (unpaired) electrons. The first-order valence-corrected chi connectivity index (χ1v) is 10.9. The van der Waals surface area contributed by atoms with Crippen molar-refractivity contribution >= 4 is 11.6 Å². The Morgan fingerprint density at radius 1 is 1.00 bits per heavy atom. The van der Waals surface area contributed by atoms with Crippen molar-refractivity contribution < 1.29 is 18.7 Å². The number of amides is 1. The quantitative estimate of drug-likeness (QED) is 0.578. The van der Waals surface area contributed by atoms with Crippen molar-refractivity contribution in [2.45, 2.75) is 18.5 Å². The Labute approximate surface area is 190 Å². The van der Waals surface area contributed by atoms with Crippen LogP contribution in [0.4, 0.5) is 14.5 Å². The number of carbonyl (C=O) groups excluding carboxylic acids is 1. The second-order valence-corrected chi connectivity index (χ2v) is 8.40. The standard InChI is InChI=1S/C27H22F2N2O2/c28-20-9-6-17(7-10-20)4-5-18-8-11-24-23(14-18)26-22(25(16-32)30-24)12-13-31(26)27(33)19-2-1-3-21(29)15-19/h1-3,6-11,14-15,22,25-26,30,32H,12-13,16H2/t22-,25-,26-/m1/s1. The van der Waals surface area contributed by atoms with Crippen molar-refractivity contribution in [3.63, 3.8) is 0 Å². The van der Waals surface area contributed by atoms with Gasteiger partial charge >= 0.3 is 0 Å². The predicted octanol–water partition coefficient (Wildman–Crippen LogP) is 4.35. The molecule has 0 unspecified atom stereocenters. The van der Waals surface area contributed by atoms with Crippen molar-refractivity contribution in [1.29, 1.82) is 0 Å². The van der Waals surface area contributed by atoms with Crippen LogP contribution < -0.4 is 5.32 Å². The topological polar surface area (TPSA) is 52.6 Å². The molecule has 0 aromatic heterocycles. The SMILES string of the molecule is O=C(c1cccc(F)c1)N1CC[C@@H]2[C@@H](CO)Nc3ccc(C#Cc4ccc(F)cc4)cc3[C@@H]21. The van der Waals surface area contributed by atoms with Gasteiger partial charge in [0, 0.05) is 34.8 Å². The van der Waals surface area contributed by atoms with Crippen LogP contribution in [0.1, 0.15) is 39.5 Å². The van der Waals surface area contributed by atoms with E-state index in [1.54, 1.807) is 23.1 Å². The Balaban J connectivity index is 1.51. The van der Waals surface area contributed by atoms with Crippen LogP contribution in [-0.2, 0) is 0 Å². The molecular weight excluding hydrogens is 422 g/mol. The normalized spacial score (nSPS) is 20.8. The molecule has 3 aromatic rings. The number of hydrogen-bond acceptors (Lipinski definition) is 3. The molecule has 2 aliphatic heterocycles. The average Bonchev–Trinajstić information content (AvgIpc) is 3.28. The largest absolute Gasteiger partial charge is 0.394 e. The molecule has 4 nitrogen and oxygen atoms in total. The van der Waals surface area contributed by atoms with Crippen molar-refractivity contribution in [2.75, 3.05) is 18.5 Å². The molecule has 2 heterocycles. The molecular formula is C27H22F2N2O2. The van der Waals surface area contributed by atoms with Gasteiger partial charge in [-0.05, 0) is 72.6 Å². The zero-order valence-electron chi connectivity index (χ0n) is 17.8. The number of rotatable bonds is 2. The smallest absolute Gasteiger partial charge is 0.254 e. The number of halogens is 2. The Hall–Kier alpha value is -3.69. The molecule has 0 bridgehead atoms. The van der Waals surface area contributed by atoms with E-state index in [9.17, 15) is 18.7 Å². The van der Waals surface area contributed by atoms with Crippen LogP contribution >= 0.6 is 0 Å². The average molecular weight is 444 g/mol. The van der Waals surface area contributed by atoms with Crippen LogP contribution in [0.15, 0.2) is 66.7 Å². The molecule has 0 spiro atoms. The van der Waals surface area contributed by atoms with Crippen LogP contribution in [0.3, 0.4) is 0 Å². The molecule has 0 aliphatic carbocycles. The summed E-state index contributed by atoms with van der Waals surface area (Å²) in [6.07, 6.45) is 0.731. The number of likely N-dealkylation sites (tertiary alicyclic amines) is 1. The van der Waals surface area contributed by atoms with Gasteiger partial charge in [-0.1, -0.05) is 17.9 Å². The molecule has 166 valence electrons. The second kappa shape index (κ2) is 8.68. The first-order chi connectivity index (χ1) is 16.0. The number of hydrogen-bond donors (Lipinski definition) is 2. The molecule has 1 saturated heterocycles. The predicted molar refractivity (Wildman–Crippen MR) is 122 cm³/mol. The molecule has 1 amide bonds. The van der Waals surface area contributed by atoms with Crippen LogP contribution in [-0.4, -0.2) is 35.1 Å². The fraction of sp³-hybridized carbons (Fsp3) is 0.222. The molecule has 1 fully saturated rings. The van der Waals surface area contributed by atoms with Gasteiger partial charge in [0.2, 0.25) is 0 Å². The van der Waals surface area contributed by atoms with E-state index in [1.165, 1.54) is 30.3 Å². The number of carbonyl (C=O) groups is 1. The summed E-state index contributed by atoms with van der Waals surface area (Å²) in [5, 5.41) is 13.4. The molecule has 33 heavy (non-hydrogen) atoms. The number of anilines is 1. The summed E-state index contributed by atoms with van der Waals surface area (Å²) in [7, 11) is 0. The van der Waals surface area contributed by atoms with Gasteiger partial charge in [0.1, 0.15) is 11.6 Å². The monoisotopic (exact) mass is 444 g/mol. The van der Waals surface area contributed by atoms with Crippen LogP contribution in [0, 0.1) is 29.4 Å². The lowest BCUT2D eigenvalue weighted by Gasteiger charge is -2.39. The van der Waals surface area contributed by atoms with E-state index in [4.69, 9.17) is 0 Å². The zero-order chi connectivity index (χ0) is 22.9. The number of aliphatic hydroxyl groups is 1. The molecule has 2 aliphatic rings. The number of aliphatic hydroxyl groups excluding tert-OH is 1. The van der Waals surface area contributed by atoms with Crippen molar-refractivity contribution in [1.82, 2.24) is 4.90 Å². The van der Waals surface area contributed by atoms with E-state index in [0.717, 1.165) is 23.2 Å². The minimum Gasteiger partial charge on any atom is -0.394 e. The van der Waals surface area contributed by atoms with Crippen LogP contribution in [0.2, 0.25) is 0 Å². The first-order valence-electron chi connectivity index (χ1n) is 10.9. The number of nitrogens with one attached hydrogen (secondary N) is 1. The Morgan fingerprint density at radius 3 is 2.52 bits per heavy atom. The van der Waals surface area contributed by atoms with E-state index < -0.39 is 5.82 Å². The fourth-order valence-corrected chi connectivity index (χ4v) is 4.83. The molecule has 0 saturated carbocycles. The highest BCUT2D eigenvalue weighted by Gasteiger charge is 2.45. The number of benzene rings is 3. The summed E-state index contributed by atoms with van der Waals surface area (Å²) < 4.78 is 26.9.